The fourth-order valence-corrected chi connectivity index (χ4v) is 2.45. The van der Waals surface area contributed by atoms with Gasteiger partial charge in [0, 0.05) is 13.1 Å². The van der Waals surface area contributed by atoms with E-state index >= 15 is 0 Å². The summed E-state index contributed by atoms with van der Waals surface area (Å²) in [5.74, 6) is 0. The molecule has 82 valence electrons. The minimum absolute atomic E-state index is 0.258. The Labute approximate surface area is 95.2 Å². The van der Waals surface area contributed by atoms with Crippen LogP contribution in [0.25, 0.3) is 11.1 Å². The summed E-state index contributed by atoms with van der Waals surface area (Å²) < 4.78 is 0. The zero-order valence-corrected chi connectivity index (χ0v) is 9.28. The van der Waals surface area contributed by atoms with E-state index in [-0.39, 0.29) is 5.43 Å². The number of nitrogens with zero attached hydrogens (tertiary/aromatic N) is 1. The molecule has 0 saturated carbocycles. The molecular weight excluding hydrogens is 198 g/mol. The van der Waals surface area contributed by atoms with Crippen molar-refractivity contribution in [2.24, 2.45) is 0 Å². The highest BCUT2D eigenvalue weighted by Crippen LogP contribution is 2.34. The summed E-state index contributed by atoms with van der Waals surface area (Å²) in [4.78, 5) is 14.1. The molecule has 0 aromatic heterocycles. The summed E-state index contributed by atoms with van der Waals surface area (Å²) in [5.41, 5.74) is 3.26. The molecule has 2 aromatic rings. The van der Waals surface area contributed by atoms with Crippen LogP contribution in [0, 0.1) is 0 Å². The number of benzene rings is 1. The summed E-state index contributed by atoms with van der Waals surface area (Å²) in [6.45, 7) is 2.11. The zero-order chi connectivity index (χ0) is 11.0. The van der Waals surface area contributed by atoms with Gasteiger partial charge in [-0.05, 0) is 24.8 Å². The van der Waals surface area contributed by atoms with Crippen molar-refractivity contribution in [3.8, 4) is 11.1 Å². The van der Waals surface area contributed by atoms with Crippen molar-refractivity contribution in [3.63, 3.8) is 0 Å². The molecule has 0 atom stereocenters. The van der Waals surface area contributed by atoms with Crippen LogP contribution >= 0.6 is 0 Å². The van der Waals surface area contributed by atoms with Crippen LogP contribution in [0.4, 0.5) is 5.69 Å². The van der Waals surface area contributed by atoms with Crippen LogP contribution in [0.1, 0.15) is 19.3 Å². The maximum atomic E-state index is 11.8. The third-order valence-electron chi connectivity index (χ3n) is 3.35. The topological polar surface area (TPSA) is 20.3 Å². The van der Waals surface area contributed by atoms with E-state index < -0.39 is 0 Å². The minimum atomic E-state index is 0.258. The zero-order valence-electron chi connectivity index (χ0n) is 9.28. The van der Waals surface area contributed by atoms with E-state index in [4.69, 9.17) is 0 Å². The summed E-state index contributed by atoms with van der Waals surface area (Å²) in [6, 6.07) is 10.00. The molecule has 16 heavy (non-hydrogen) atoms. The van der Waals surface area contributed by atoms with Gasteiger partial charge in [0.1, 0.15) is 0 Å². The first kappa shape index (κ1) is 9.64. The normalized spacial score (nSPS) is 16.9. The molecule has 1 saturated heterocycles. The maximum absolute atomic E-state index is 11.8. The molecule has 2 heteroatoms. The van der Waals surface area contributed by atoms with Crippen LogP contribution in [-0.2, 0) is 0 Å². The molecule has 0 N–H and O–H groups in total. The SMILES string of the molecule is O=c1c(-c2ccccc2)c1N1CCCCC1. The van der Waals surface area contributed by atoms with Crippen LogP contribution in [0.5, 0.6) is 0 Å². The van der Waals surface area contributed by atoms with Crippen molar-refractivity contribution in [1.29, 1.82) is 0 Å². The Morgan fingerprint density at radius 2 is 1.62 bits per heavy atom. The second-order valence-electron chi connectivity index (χ2n) is 4.47. The van der Waals surface area contributed by atoms with Gasteiger partial charge in [0.2, 0.25) is 5.43 Å². The molecule has 0 radical (unpaired) electrons. The van der Waals surface area contributed by atoms with Gasteiger partial charge in [-0.25, -0.2) is 0 Å². The summed E-state index contributed by atoms with van der Waals surface area (Å²) in [7, 11) is 0. The van der Waals surface area contributed by atoms with E-state index in [0.29, 0.717) is 0 Å². The standard InChI is InChI=1S/C14H15NO/c16-14-12(11-7-3-1-4-8-11)13(14)15-9-5-2-6-10-15/h1,3-4,7-8H,2,5-6,9-10H2. The van der Waals surface area contributed by atoms with Crippen molar-refractivity contribution in [1.82, 2.24) is 0 Å². The lowest BCUT2D eigenvalue weighted by atomic mass is 10.1. The first-order chi connectivity index (χ1) is 7.88. The van der Waals surface area contributed by atoms with Crippen molar-refractivity contribution < 1.29 is 0 Å². The third-order valence-corrected chi connectivity index (χ3v) is 3.35. The van der Waals surface area contributed by atoms with E-state index in [0.717, 1.165) is 29.9 Å². The third kappa shape index (κ3) is 1.54. The smallest absolute Gasteiger partial charge is 0.212 e. The van der Waals surface area contributed by atoms with Crippen molar-refractivity contribution in [2.45, 2.75) is 19.3 Å². The van der Waals surface area contributed by atoms with Crippen LogP contribution in [-0.4, -0.2) is 13.1 Å². The highest BCUT2D eigenvalue weighted by atomic mass is 16.1. The number of rotatable bonds is 2. The van der Waals surface area contributed by atoms with Crippen molar-refractivity contribution in [2.75, 3.05) is 18.0 Å². The predicted molar refractivity (Wildman–Crippen MR) is 66.6 cm³/mol. The highest BCUT2D eigenvalue weighted by molar-refractivity contribution is 5.90. The Morgan fingerprint density at radius 1 is 0.938 bits per heavy atom. The van der Waals surface area contributed by atoms with Gasteiger partial charge >= 0.3 is 0 Å². The molecule has 0 unspecified atom stereocenters. The van der Waals surface area contributed by atoms with Gasteiger partial charge in [0.15, 0.2) is 0 Å². The Morgan fingerprint density at radius 3 is 2.31 bits per heavy atom. The van der Waals surface area contributed by atoms with Crippen LogP contribution < -0.4 is 10.3 Å². The molecule has 2 nitrogen and oxygen atoms in total. The lowest BCUT2D eigenvalue weighted by molar-refractivity contribution is 0.580. The van der Waals surface area contributed by atoms with Gasteiger partial charge in [-0.1, -0.05) is 30.3 Å². The molecule has 1 aliphatic heterocycles. The quantitative estimate of drug-likeness (QED) is 0.764. The molecule has 0 spiro atoms. The van der Waals surface area contributed by atoms with E-state index in [2.05, 4.69) is 4.90 Å². The molecular formula is C14H15NO. The molecule has 2 aromatic carbocycles. The first-order valence-corrected chi connectivity index (χ1v) is 5.97. The molecule has 1 heterocycles. The average Bonchev–Trinajstić information content (AvgIpc) is 3.03. The number of hydrogen-bond acceptors (Lipinski definition) is 2. The van der Waals surface area contributed by atoms with E-state index in [1.807, 2.05) is 30.3 Å². The van der Waals surface area contributed by atoms with Crippen LogP contribution in [0.15, 0.2) is 35.1 Å². The fourth-order valence-electron chi connectivity index (χ4n) is 2.45. The van der Waals surface area contributed by atoms with Crippen molar-refractivity contribution >= 4 is 5.69 Å². The summed E-state index contributed by atoms with van der Waals surface area (Å²) in [6.07, 6.45) is 3.75. The van der Waals surface area contributed by atoms with Crippen molar-refractivity contribution in [3.05, 3.63) is 40.6 Å². The first-order valence-electron chi connectivity index (χ1n) is 5.97. The van der Waals surface area contributed by atoms with Gasteiger partial charge in [-0.3, -0.25) is 4.79 Å². The van der Waals surface area contributed by atoms with Gasteiger partial charge in [-0.15, -0.1) is 0 Å². The van der Waals surface area contributed by atoms with E-state index in [1.54, 1.807) is 0 Å². The van der Waals surface area contributed by atoms with Crippen LogP contribution in [0.2, 0.25) is 0 Å². The predicted octanol–water partition coefficient (Wildman–Crippen LogP) is 2.58. The second-order valence-corrected chi connectivity index (χ2v) is 4.47. The van der Waals surface area contributed by atoms with Gasteiger partial charge < -0.3 is 4.90 Å². The Kier molecular flexibility index (Phi) is 2.28. The number of anilines is 1. The Balaban J connectivity index is 1.86. The summed E-state index contributed by atoms with van der Waals surface area (Å²) in [5, 5.41) is 0. The lowest BCUT2D eigenvalue weighted by Crippen LogP contribution is -2.28. The molecule has 3 rings (SSSR count). The Bertz CT molecular complexity index is 488. The fraction of sp³-hybridized carbons (Fsp3) is 0.357. The molecule has 1 aliphatic rings. The molecule has 0 aliphatic carbocycles. The largest absolute Gasteiger partial charge is 0.368 e. The van der Waals surface area contributed by atoms with Gasteiger partial charge in [0.05, 0.1) is 11.3 Å². The van der Waals surface area contributed by atoms with Gasteiger partial charge in [0.25, 0.3) is 0 Å². The number of piperidine rings is 1. The van der Waals surface area contributed by atoms with Gasteiger partial charge in [-0.2, -0.15) is 0 Å². The minimum Gasteiger partial charge on any atom is -0.368 e. The Hall–Kier alpha value is -1.57. The van der Waals surface area contributed by atoms with E-state index in [9.17, 15) is 4.79 Å². The number of hydrogen-bond donors (Lipinski definition) is 0. The summed E-state index contributed by atoms with van der Waals surface area (Å²) >= 11 is 0. The lowest BCUT2D eigenvalue weighted by Gasteiger charge is -2.25. The molecule has 1 fully saturated rings. The maximum Gasteiger partial charge on any atom is 0.212 e. The average molecular weight is 213 g/mol. The van der Waals surface area contributed by atoms with E-state index in [1.165, 1.54) is 19.3 Å². The molecule has 0 amide bonds. The molecule has 0 bridgehead atoms. The van der Waals surface area contributed by atoms with Crippen LogP contribution in [0.3, 0.4) is 0 Å². The monoisotopic (exact) mass is 213 g/mol. The second kappa shape index (κ2) is 3.78. The highest BCUT2D eigenvalue weighted by Gasteiger charge is 2.29.